The molecule has 14 N–H and O–H groups in total. The third kappa shape index (κ3) is 6.61. The molecule has 4 fully saturated rings. The van der Waals surface area contributed by atoms with Crippen LogP contribution in [0.4, 0.5) is 0 Å². The summed E-state index contributed by atoms with van der Waals surface area (Å²) in [6.45, 7) is -6.42. The number of rotatable bonds is 13. The zero-order valence-corrected chi connectivity index (χ0v) is 23.7. The van der Waals surface area contributed by atoms with Gasteiger partial charge in [-0.25, -0.2) is 0 Å². The van der Waals surface area contributed by atoms with Crippen molar-refractivity contribution in [2.75, 3.05) is 46.2 Å². The fourth-order valence-corrected chi connectivity index (χ4v) is 5.61. The van der Waals surface area contributed by atoms with Crippen molar-refractivity contribution in [1.29, 1.82) is 0 Å². The Balaban J connectivity index is 1.56. The van der Waals surface area contributed by atoms with Gasteiger partial charge < -0.3 is 105 Å². The van der Waals surface area contributed by atoms with Gasteiger partial charge in [0.15, 0.2) is 6.29 Å². The molecule has 0 aliphatic carbocycles. The molecule has 45 heavy (non-hydrogen) atoms. The highest BCUT2D eigenvalue weighted by atomic mass is 16.8. The quantitative estimate of drug-likeness (QED) is 0.0867. The first kappa shape index (κ1) is 37.0. The molecule has 1 unspecified atom stereocenters. The first-order valence-corrected chi connectivity index (χ1v) is 14.0. The molecule has 0 amide bonds. The zero-order valence-electron chi connectivity index (χ0n) is 23.7. The van der Waals surface area contributed by atoms with E-state index in [4.69, 9.17) is 33.2 Å². The third-order valence-corrected chi connectivity index (χ3v) is 8.51. The number of aliphatic hydroxyl groups is 14. The van der Waals surface area contributed by atoms with Crippen LogP contribution in [0.3, 0.4) is 0 Å². The van der Waals surface area contributed by atoms with E-state index < -0.39 is 149 Å². The molecule has 4 heterocycles. The lowest BCUT2D eigenvalue weighted by Gasteiger charge is -2.41. The summed E-state index contributed by atoms with van der Waals surface area (Å²) in [4.78, 5) is 0. The average Bonchev–Trinajstić information content (AvgIpc) is 3.55. The van der Waals surface area contributed by atoms with Crippen LogP contribution >= 0.6 is 0 Å². The van der Waals surface area contributed by atoms with Crippen molar-refractivity contribution in [3.63, 3.8) is 0 Å². The molecular formula is C24H42O21. The molecule has 4 aliphatic heterocycles. The summed E-state index contributed by atoms with van der Waals surface area (Å²) in [7, 11) is 0. The Morgan fingerprint density at radius 1 is 0.444 bits per heavy atom. The summed E-state index contributed by atoms with van der Waals surface area (Å²) in [6, 6.07) is 0. The second-order valence-corrected chi connectivity index (χ2v) is 11.3. The second-order valence-electron chi connectivity index (χ2n) is 11.3. The lowest BCUT2D eigenvalue weighted by molar-refractivity contribution is -0.355. The van der Waals surface area contributed by atoms with Crippen LogP contribution in [-0.2, 0) is 33.2 Å². The van der Waals surface area contributed by atoms with Crippen LogP contribution in [0.2, 0.25) is 0 Å². The van der Waals surface area contributed by atoms with Gasteiger partial charge in [0.05, 0.1) is 26.4 Å². The van der Waals surface area contributed by atoms with Crippen molar-refractivity contribution in [2.24, 2.45) is 0 Å². The Morgan fingerprint density at radius 2 is 0.867 bits per heavy atom. The molecule has 4 saturated heterocycles. The molecule has 0 bridgehead atoms. The summed E-state index contributed by atoms with van der Waals surface area (Å²) >= 11 is 0. The fraction of sp³-hybridized carbons (Fsp3) is 1.00. The van der Waals surface area contributed by atoms with Crippen molar-refractivity contribution in [2.45, 2.75) is 103 Å². The molecule has 21 heteroatoms. The molecule has 0 aromatic rings. The highest BCUT2D eigenvalue weighted by molar-refractivity contribution is 5.02. The van der Waals surface area contributed by atoms with Crippen molar-refractivity contribution in [3.8, 4) is 0 Å². The summed E-state index contributed by atoms with van der Waals surface area (Å²) < 4.78 is 38.1. The maximum absolute atomic E-state index is 11.1. The molecule has 17 atom stereocenters. The average molecular weight is 667 g/mol. The second kappa shape index (κ2) is 14.3. The number of aliphatic hydroxyl groups excluding tert-OH is 14. The van der Waals surface area contributed by atoms with Gasteiger partial charge in [-0.05, 0) is 0 Å². The van der Waals surface area contributed by atoms with Crippen LogP contribution in [0.5, 0.6) is 0 Å². The van der Waals surface area contributed by atoms with Crippen molar-refractivity contribution in [1.82, 2.24) is 0 Å². The molecule has 0 radical (unpaired) electrons. The van der Waals surface area contributed by atoms with E-state index in [1.165, 1.54) is 0 Å². The smallest absolute Gasteiger partial charge is 0.222 e. The largest absolute Gasteiger partial charge is 0.394 e. The molecule has 264 valence electrons. The van der Waals surface area contributed by atoms with Gasteiger partial charge in [0, 0.05) is 0 Å². The van der Waals surface area contributed by atoms with Gasteiger partial charge in [0.1, 0.15) is 99.2 Å². The van der Waals surface area contributed by atoms with Gasteiger partial charge in [-0.15, -0.1) is 0 Å². The van der Waals surface area contributed by atoms with Gasteiger partial charge in [0.25, 0.3) is 0 Å². The van der Waals surface area contributed by atoms with E-state index in [1.54, 1.807) is 0 Å². The molecule has 0 spiro atoms. The zero-order chi connectivity index (χ0) is 33.5. The minimum Gasteiger partial charge on any atom is -0.394 e. The molecule has 21 nitrogen and oxygen atoms in total. The van der Waals surface area contributed by atoms with Gasteiger partial charge in [0.2, 0.25) is 17.4 Å². The predicted octanol–water partition coefficient (Wildman–Crippen LogP) is -9.74. The summed E-state index contributed by atoms with van der Waals surface area (Å²) in [6.07, 6.45) is -25.0. The number of ether oxygens (including phenoxy) is 7. The van der Waals surface area contributed by atoms with Crippen LogP contribution in [0.1, 0.15) is 0 Å². The van der Waals surface area contributed by atoms with E-state index in [1.807, 2.05) is 0 Å². The van der Waals surface area contributed by atoms with Crippen LogP contribution in [0.15, 0.2) is 0 Å². The van der Waals surface area contributed by atoms with E-state index in [0.717, 1.165) is 0 Å². The van der Waals surface area contributed by atoms with Crippen molar-refractivity contribution in [3.05, 3.63) is 0 Å². The summed E-state index contributed by atoms with van der Waals surface area (Å²) in [5.41, 5.74) is 0. The van der Waals surface area contributed by atoms with Crippen LogP contribution in [0, 0.1) is 0 Å². The minimum atomic E-state index is -2.55. The van der Waals surface area contributed by atoms with Gasteiger partial charge in [-0.1, -0.05) is 0 Å². The van der Waals surface area contributed by atoms with Crippen LogP contribution < -0.4 is 0 Å². The highest BCUT2D eigenvalue weighted by Gasteiger charge is 2.62. The molecule has 0 saturated carbocycles. The Bertz CT molecular complexity index is 964. The lowest BCUT2D eigenvalue weighted by Crippen LogP contribution is -2.60. The van der Waals surface area contributed by atoms with E-state index in [-0.39, 0.29) is 0 Å². The molecular weight excluding hydrogens is 624 g/mol. The monoisotopic (exact) mass is 666 g/mol. The first-order valence-electron chi connectivity index (χ1n) is 14.0. The Labute approximate surface area is 254 Å². The number of hydrogen-bond donors (Lipinski definition) is 14. The molecule has 0 aromatic heterocycles. The van der Waals surface area contributed by atoms with E-state index >= 15 is 0 Å². The Kier molecular flexibility index (Phi) is 11.8. The lowest BCUT2D eigenvalue weighted by atomic mass is 9.99. The topological polar surface area (TPSA) is 348 Å². The third-order valence-electron chi connectivity index (χ3n) is 8.51. The van der Waals surface area contributed by atoms with E-state index in [9.17, 15) is 71.5 Å². The van der Waals surface area contributed by atoms with Crippen LogP contribution in [-0.4, -0.2) is 221 Å². The fourth-order valence-electron chi connectivity index (χ4n) is 5.61. The van der Waals surface area contributed by atoms with Gasteiger partial charge in [-0.2, -0.15) is 0 Å². The molecule has 4 aliphatic rings. The molecule has 4 rings (SSSR count). The normalized spacial score (nSPS) is 52.1. The standard InChI is InChI=1S/C24H42O21/c25-1-8-13(30)18(35)22(5-27,43-8)39-4-11-15(32)20(37)24(45-11,40-3-10-12(29)16(33)17(34)21(38)42-10)7-41-23(6-28)19(36)14(31)9(2-26)44-23/h8-21,25-38H,1-7H2/t8-,9-,10-,11-,12-,13-,14-,15-,16+,17-,18+,19+,20+,21?,22-,23-,24-/m1/s1. The Hall–Kier alpha value is -0.840. The van der Waals surface area contributed by atoms with E-state index in [2.05, 4.69) is 0 Å². The Morgan fingerprint density at radius 3 is 1.36 bits per heavy atom. The number of hydrogen-bond acceptors (Lipinski definition) is 21. The summed E-state index contributed by atoms with van der Waals surface area (Å²) in [5.74, 6) is -7.29. The first-order chi connectivity index (χ1) is 21.2. The minimum absolute atomic E-state index is 0.763. The van der Waals surface area contributed by atoms with Gasteiger partial charge in [-0.3, -0.25) is 0 Å². The van der Waals surface area contributed by atoms with E-state index in [0.29, 0.717) is 0 Å². The SMILES string of the molecule is OC[C@H]1O[C@@](CO)(OC[C@H]2O[C@@](CO[C@]3(CO)O[C@H](CO)[C@@H](O)[C@@H]3O)(OC[C@H]3OC(O)[C@H](O)[C@@H](O)[C@@H]3O)[C@@H](O)[C@@H]2O)[C@@H](O)[C@@H]1O. The maximum Gasteiger partial charge on any atom is 0.222 e. The van der Waals surface area contributed by atoms with Gasteiger partial charge >= 0.3 is 0 Å². The van der Waals surface area contributed by atoms with Crippen molar-refractivity contribution >= 4 is 0 Å². The predicted molar refractivity (Wildman–Crippen MR) is 134 cm³/mol. The molecule has 0 aromatic carbocycles. The maximum atomic E-state index is 11.1. The highest BCUT2D eigenvalue weighted by Crippen LogP contribution is 2.40. The van der Waals surface area contributed by atoms with Crippen LogP contribution in [0.25, 0.3) is 0 Å². The van der Waals surface area contributed by atoms with Crippen molar-refractivity contribution < 1.29 is 105 Å². The summed E-state index contributed by atoms with van der Waals surface area (Å²) in [5, 5.41) is 142.